The van der Waals surface area contributed by atoms with Gasteiger partial charge in [0, 0.05) is 28.7 Å². The SMILES string of the molecule is COc1ccc(N2C(=O)NC(=O)C(=Cc3cn(CC#N)c4ccccc34)C2=O)c(OC)c1. The van der Waals surface area contributed by atoms with Gasteiger partial charge in [0.2, 0.25) is 0 Å². The van der Waals surface area contributed by atoms with Crippen LogP contribution in [0.4, 0.5) is 10.5 Å². The number of anilines is 1. The highest BCUT2D eigenvalue weighted by molar-refractivity contribution is 6.39. The van der Waals surface area contributed by atoms with E-state index in [-0.39, 0.29) is 23.6 Å². The van der Waals surface area contributed by atoms with E-state index in [9.17, 15) is 14.4 Å². The Balaban J connectivity index is 1.82. The number of urea groups is 1. The van der Waals surface area contributed by atoms with Crippen LogP contribution in [0.5, 0.6) is 11.5 Å². The number of para-hydroxylation sites is 1. The first-order valence-corrected chi connectivity index (χ1v) is 9.56. The molecule has 9 heteroatoms. The van der Waals surface area contributed by atoms with Crippen molar-refractivity contribution < 1.29 is 23.9 Å². The van der Waals surface area contributed by atoms with Gasteiger partial charge < -0.3 is 14.0 Å². The second kappa shape index (κ2) is 8.28. The summed E-state index contributed by atoms with van der Waals surface area (Å²) in [6.45, 7) is 0.109. The lowest BCUT2D eigenvalue weighted by atomic mass is 10.1. The lowest BCUT2D eigenvalue weighted by molar-refractivity contribution is -0.122. The quantitative estimate of drug-likeness (QED) is 0.492. The van der Waals surface area contributed by atoms with E-state index < -0.39 is 17.8 Å². The summed E-state index contributed by atoms with van der Waals surface area (Å²) in [5, 5.41) is 12.1. The summed E-state index contributed by atoms with van der Waals surface area (Å²) in [5.74, 6) is -0.889. The van der Waals surface area contributed by atoms with E-state index in [4.69, 9.17) is 14.7 Å². The van der Waals surface area contributed by atoms with E-state index >= 15 is 0 Å². The Morgan fingerprint density at radius 2 is 1.88 bits per heavy atom. The molecular formula is C23H18N4O5. The minimum atomic E-state index is -0.882. The highest BCUT2D eigenvalue weighted by Crippen LogP contribution is 2.34. The molecule has 0 atom stereocenters. The predicted molar refractivity (Wildman–Crippen MR) is 116 cm³/mol. The van der Waals surface area contributed by atoms with E-state index in [1.807, 2.05) is 24.3 Å². The fraction of sp³-hybridized carbons (Fsp3) is 0.130. The molecule has 0 radical (unpaired) electrons. The molecular weight excluding hydrogens is 412 g/mol. The summed E-state index contributed by atoms with van der Waals surface area (Å²) in [6, 6.07) is 13.1. The first-order chi connectivity index (χ1) is 15.5. The predicted octanol–water partition coefficient (Wildman–Crippen LogP) is 2.85. The molecule has 1 aliphatic heterocycles. The van der Waals surface area contributed by atoms with Gasteiger partial charge in [0.1, 0.15) is 23.6 Å². The number of nitriles is 1. The standard InChI is InChI=1S/C23H18N4O5/c1-31-15-7-8-19(20(12-15)32-2)27-22(29)17(21(28)25-23(27)30)11-14-13-26(10-9-24)18-6-4-3-5-16(14)18/h3-8,11-13H,10H2,1-2H3,(H,25,28,30). The molecule has 2 aromatic carbocycles. The van der Waals surface area contributed by atoms with Gasteiger partial charge in [-0.1, -0.05) is 18.2 Å². The van der Waals surface area contributed by atoms with Crippen molar-refractivity contribution >= 4 is 40.5 Å². The Bertz CT molecular complexity index is 1330. The molecule has 0 aliphatic carbocycles. The molecule has 1 fully saturated rings. The van der Waals surface area contributed by atoms with Crippen LogP contribution in [0.2, 0.25) is 0 Å². The van der Waals surface area contributed by atoms with E-state index in [1.54, 1.807) is 16.8 Å². The minimum Gasteiger partial charge on any atom is -0.497 e. The molecule has 0 spiro atoms. The normalized spacial score (nSPS) is 15.1. The van der Waals surface area contributed by atoms with E-state index in [0.29, 0.717) is 11.3 Å². The van der Waals surface area contributed by atoms with Crippen molar-refractivity contribution in [2.24, 2.45) is 0 Å². The van der Waals surface area contributed by atoms with Gasteiger partial charge >= 0.3 is 6.03 Å². The number of methoxy groups -OCH3 is 2. The topological polar surface area (TPSA) is 114 Å². The number of hydrogen-bond acceptors (Lipinski definition) is 6. The molecule has 1 saturated heterocycles. The third kappa shape index (κ3) is 3.44. The van der Waals surface area contributed by atoms with Gasteiger partial charge in [-0.3, -0.25) is 14.9 Å². The summed E-state index contributed by atoms with van der Waals surface area (Å²) in [5.41, 5.74) is 1.31. The van der Waals surface area contributed by atoms with Crippen LogP contribution >= 0.6 is 0 Å². The van der Waals surface area contributed by atoms with Crippen LogP contribution in [0, 0.1) is 11.3 Å². The van der Waals surface area contributed by atoms with Crippen LogP contribution in [-0.2, 0) is 16.1 Å². The second-order valence-corrected chi connectivity index (χ2v) is 6.88. The number of amides is 4. The molecule has 3 aromatic rings. The van der Waals surface area contributed by atoms with Crippen molar-refractivity contribution in [1.29, 1.82) is 5.26 Å². The van der Waals surface area contributed by atoms with Gasteiger partial charge in [-0.15, -0.1) is 0 Å². The van der Waals surface area contributed by atoms with E-state index in [1.165, 1.54) is 32.4 Å². The smallest absolute Gasteiger partial charge is 0.336 e. The number of imide groups is 2. The molecule has 9 nitrogen and oxygen atoms in total. The van der Waals surface area contributed by atoms with Gasteiger partial charge in [-0.05, 0) is 24.3 Å². The maximum Gasteiger partial charge on any atom is 0.336 e. The molecule has 4 amide bonds. The Hall–Kier alpha value is -4.58. The first-order valence-electron chi connectivity index (χ1n) is 9.56. The first kappa shape index (κ1) is 20.7. The summed E-state index contributed by atoms with van der Waals surface area (Å²) >= 11 is 0. The summed E-state index contributed by atoms with van der Waals surface area (Å²) in [6.07, 6.45) is 3.11. The maximum absolute atomic E-state index is 13.3. The number of carbonyl (C=O) groups is 3. The molecule has 32 heavy (non-hydrogen) atoms. The molecule has 1 aliphatic rings. The number of ether oxygens (including phenoxy) is 2. The van der Waals surface area contributed by atoms with Gasteiger partial charge in [0.25, 0.3) is 11.8 Å². The fourth-order valence-corrected chi connectivity index (χ4v) is 3.60. The summed E-state index contributed by atoms with van der Waals surface area (Å²) < 4.78 is 12.2. The molecule has 1 aromatic heterocycles. The van der Waals surface area contributed by atoms with Crippen molar-refractivity contribution in [2.75, 3.05) is 19.1 Å². The third-order valence-corrected chi connectivity index (χ3v) is 5.09. The number of aromatic nitrogens is 1. The van der Waals surface area contributed by atoms with Crippen LogP contribution in [0.15, 0.2) is 54.2 Å². The van der Waals surface area contributed by atoms with Gasteiger partial charge in [-0.25, -0.2) is 9.69 Å². The highest BCUT2D eigenvalue weighted by atomic mass is 16.5. The van der Waals surface area contributed by atoms with Crippen LogP contribution < -0.4 is 19.7 Å². The van der Waals surface area contributed by atoms with E-state index in [0.717, 1.165) is 15.8 Å². The number of carbonyl (C=O) groups excluding carboxylic acids is 3. The fourth-order valence-electron chi connectivity index (χ4n) is 3.60. The number of rotatable bonds is 5. The molecule has 0 saturated carbocycles. The Morgan fingerprint density at radius 1 is 1.09 bits per heavy atom. The van der Waals surface area contributed by atoms with E-state index in [2.05, 4.69) is 11.4 Å². The molecule has 4 rings (SSSR count). The average molecular weight is 430 g/mol. The third-order valence-electron chi connectivity index (χ3n) is 5.09. The lowest BCUT2D eigenvalue weighted by Crippen LogP contribution is -2.54. The molecule has 0 unspecified atom stereocenters. The van der Waals surface area contributed by atoms with Gasteiger partial charge in [-0.2, -0.15) is 5.26 Å². The summed E-state index contributed by atoms with van der Waals surface area (Å²) in [4.78, 5) is 39.2. The van der Waals surface area contributed by atoms with Gasteiger partial charge in [0.15, 0.2) is 0 Å². The molecule has 1 N–H and O–H groups in total. The average Bonchev–Trinajstić information content (AvgIpc) is 3.14. The monoisotopic (exact) mass is 430 g/mol. The number of fused-ring (bicyclic) bond motifs is 1. The number of hydrogen-bond donors (Lipinski definition) is 1. The summed E-state index contributed by atoms with van der Waals surface area (Å²) in [7, 11) is 2.88. The van der Waals surface area contributed by atoms with Gasteiger partial charge in [0.05, 0.1) is 26.0 Å². The van der Waals surface area contributed by atoms with Crippen molar-refractivity contribution in [2.45, 2.75) is 6.54 Å². The zero-order valence-corrected chi connectivity index (χ0v) is 17.3. The van der Waals surface area contributed by atoms with Crippen molar-refractivity contribution in [3.63, 3.8) is 0 Å². The Morgan fingerprint density at radius 3 is 2.59 bits per heavy atom. The lowest BCUT2D eigenvalue weighted by Gasteiger charge is -2.27. The minimum absolute atomic E-state index is 0.109. The van der Waals surface area contributed by atoms with Crippen LogP contribution in [0.1, 0.15) is 5.56 Å². The van der Waals surface area contributed by atoms with Crippen molar-refractivity contribution in [3.05, 3.63) is 59.8 Å². The number of nitrogens with one attached hydrogen (secondary N) is 1. The van der Waals surface area contributed by atoms with Crippen LogP contribution in [0.3, 0.4) is 0 Å². The van der Waals surface area contributed by atoms with Crippen molar-refractivity contribution in [3.8, 4) is 17.6 Å². The second-order valence-electron chi connectivity index (χ2n) is 6.88. The van der Waals surface area contributed by atoms with Crippen LogP contribution in [-0.4, -0.2) is 36.6 Å². The zero-order valence-electron chi connectivity index (χ0n) is 17.3. The largest absolute Gasteiger partial charge is 0.497 e. The zero-order chi connectivity index (χ0) is 22.8. The number of barbiturate groups is 1. The number of benzene rings is 2. The molecule has 2 heterocycles. The van der Waals surface area contributed by atoms with Crippen LogP contribution in [0.25, 0.3) is 17.0 Å². The Labute approximate surface area is 183 Å². The van der Waals surface area contributed by atoms with Crippen molar-refractivity contribution in [1.82, 2.24) is 9.88 Å². The number of nitrogens with zero attached hydrogens (tertiary/aromatic N) is 3. The molecule has 0 bridgehead atoms. The highest BCUT2D eigenvalue weighted by Gasteiger charge is 2.38. The maximum atomic E-state index is 13.3. The molecule has 160 valence electrons. The Kier molecular flexibility index (Phi) is 5.35.